The van der Waals surface area contributed by atoms with Crippen LogP contribution < -0.4 is 21.4 Å². The van der Waals surface area contributed by atoms with Crippen molar-refractivity contribution in [2.45, 2.75) is 25.6 Å². The molecule has 6 N–H and O–H groups in total. The number of halogens is 1. The third kappa shape index (κ3) is 7.66. The molecule has 0 aliphatic heterocycles. The molecule has 0 saturated carbocycles. The monoisotopic (exact) mass is 508 g/mol. The van der Waals surface area contributed by atoms with Crippen molar-refractivity contribution in [3.63, 3.8) is 0 Å². The fourth-order valence-electron chi connectivity index (χ4n) is 3.53. The molecule has 3 aromatic carbocycles. The predicted octanol–water partition coefficient (Wildman–Crippen LogP) is 3.55. The molecule has 188 valence electrons. The van der Waals surface area contributed by atoms with E-state index in [-0.39, 0.29) is 12.5 Å². The van der Waals surface area contributed by atoms with Crippen molar-refractivity contribution in [3.05, 3.63) is 95.5 Å². The van der Waals surface area contributed by atoms with Gasteiger partial charge in [-0.3, -0.25) is 14.8 Å². The number of hydrogen-bond acceptors (Lipinski definition) is 6. The highest BCUT2D eigenvalue weighted by Gasteiger charge is 2.23. The van der Waals surface area contributed by atoms with E-state index in [1.165, 1.54) is 12.4 Å². The second-order valence-electron chi connectivity index (χ2n) is 8.25. The first-order chi connectivity index (χ1) is 17.3. The van der Waals surface area contributed by atoms with Crippen molar-refractivity contribution < 1.29 is 19.9 Å². The van der Waals surface area contributed by atoms with Crippen LogP contribution in [0.1, 0.15) is 18.1 Å². The summed E-state index contributed by atoms with van der Waals surface area (Å²) >= 11 is 5.97. The third-order valence-electron chi connectivity index (χ3n) is 5.44. The maximum atomic E-state index is 12.2. The van der Waals surface area contributed by atoms with Gasteiger partial charge in [0.1, 0.15) is 6.04 Å². The Hall–Kier alpha value is -3.69. The Bertz CT molecular complexity index is 1200. The fourth-order valence-corrected chi connectivity index (χ4v) is 3.74. The topological polar surface area (TPSA) is 123 Å². The van der Waals surface area contributed by atoms with Crippen LogP contribution in [0.15, 0.2) is 79.4 Å². The minimum atomic E-state index is -1.04. The van der Waals surface area contributed by atoms with Gasteiger partial charge in [-0.1, -0.05) is 66.7 Å². The Balaban J connectivity index is 1.53. The van der Waals surface area contributed by atoms with Crippen molar-refractivity contribution in [1.29, 1.82) is 0 Å². The van der Waals surface area contributed by atoms with Gasteiger partial charge in [-0.05, 0) is 53.4 Å². The van der Waals surface area contributed by atoms with Gasteiger partial charge in [0.15, 0.2) is 0 Å². The van der Waals surface area contributed by atoms with E-state index in [0.29, 0.717) is 23.0 Å². The van der Waals surface area contributed by atoms with E-state index in [0.717, 1.165) is 22.3 Å². The lowest BCUT2D eigenvalue weighted by Gasteiger charge is -2.22. The van der Waals surface area contributed by atoms with Crippen molar-refractivity contribution in [2.75, 3.05) is 11.9 Å². The molecular formula is C27H29ClN4O4. The van der Waals surface area contributed by atoms with E-state index >= 15 is 0 Å². The molecule has 0 heterocycles. The van der Waals surface area contributed by atoms with Crippen LogP contribution in [0.2, 0.25) is 5.02 Å². The number of hydroxylamine groups is 1. The molecule has 0 fully saturated rings. The molecule has 2 atom stereocenters. The zero-order chi connectivity index (χ0) is 26.1. The summed E-state index contributed by atoms with van der Waals surface area (Å²) in [6, 6.07) is 21.4. The Labute approximate surface area is 215 Å². The normalized spacial score (nSPS) is 12.3. The molecular weight excluding hydrogens is 480 g/mol. The van der Waals surface area contributed by atoms with Crippen LogP contribution in [0.25, 0.3) is 16.8 Å². The van der Waals surface area contributed by atoms with Gasteiger partial charge in [0, 0.05) is 23.0 Å². The van der Waals surface area contributed by atoms with E-state index in [2.05, 4.69) is 22.5 Å². The Morgan fingerprint density at radius 2 is 1.64 bits per heavy atom. The van der Waals surface area contributed by atoms with Crippen LogP contribution in [0.4, 0.5) is 5.69 Å². The minimum absolute atomic E-state index is 0.148. The summed E-state index contributed by atoms with van der Waals surface area (Å²) in [5.74, 6) is -0.905. The molecule has 0 unspecified atom stereocenters. The Morgan fingerprint density at radius 3 is 2.22 bits per heavy atom. The molecule has 0 aliphatic carbocycles. The van der Waals surface area contributed by atoms with Gasteiger partial charge in [-0.2, -0.15) is 0 Å². The maximum Gasteiger partial charge on any atom is 0.268 e. The number of anilines is 1. The Morgan fingerprint density at radius 1 is 1.00 bits per heavy atom. The SMILES string of the molecule is C=C(N[C@H](C(=O)NO)[C@@H](C)O)c1ccc(-c2ccc(NC(=O)CNCc3cccc(Cl)c3)cc2)cc1. The summed E-state index contributed by atoms with van der Waals surface area (Å²) in [5.41, 5.74) is 6.29. The molecule has 0 aliphatic rings. The van der Waals surface area contributed by atoms with Gasteiger partial charge in [0.2, 0.25) is 5.91 Å². The number of aliphatic hydroxyl groups is 1. The van der Waals surface area contributed by atoms with Crippen LogP contribution in [0, 0.1) is 0 Å². The molecule has 0 spiro atoms. The summed E-state index contributed by atoms with van der Waals surface area (Å²) in [4.78, 5) is 24.0. The number of carbonyl (C=O) groups is 2. The van der Waals surface area contributed by atoms with Gasteiger partial charge in [0.05, 0.1) is 12.6 Å². The van der Waals surface area contributed by atoms with Crippen LogP contribution in [-0.2, 0) is 16.1 Å². The number of nitrogens with one attached hydrogen (secondary N) is 4. The predicted molar refractivity (Wildman–Crippen MR) is 141 cm³/mol. The van der Waals surface area contributed by atoms with Gasteiger partial charge >= 0.3 is 0 Å². The fraction of sp³-hybridized carbons (Fsp3) is 0.185. The first kappa shape index (κ1) is 26.9. The average Bonchev–Trinajstić information content (AvgIpc) is 2.87. The van der Waals surface area contributed by atoms with Crippen LogP contribution in [0.3, 0.4) is 0 Å². The standard InChI is InChI=1S/C27H29ClN4O4/c1-17(30-26(18(2)33)27(35)32-36)20-6-8-21(9-7-20)22-10-12-24(13-11-22)31-25(34)16-29-15-19-4-3-5-23(28)14-19/h3-14,18,26,29-30,33,36H,1,15-16H2,2H3,(H,31,34)(H,32,35)/t18-,26+/m1/s1. The summed E-state index contributed by atoms with van der Waals surface area (Å²) in [6.07, 6.45) is -1.04. The molecule has 3 rings (SSSR count). The molecule has 0 bridgehead atoms. The van der Waals surface area contributed by atoms with E-state index in [4.69, 9.17) is 16.8 Å². The zero-order valence-corrected chi connectivity index (χ0v) is 20.5. The molecule has 0 radical (unpaired) electrons. The quantitative estimate of drug-likeness (QED) is 0.174. The van der Waals surface area contributed by atoms with E-state index in [1.807, 2.05) is 66.7 Å². The van der Waals surface area contributed by atoms with Gasteiger partial charge in [-0.15, -0.1) is 0 Å². The number of carbonyl (C=O) groups excluding carboxylic acids is 2. The minimum Gasteiger partial charge on any atom is -0.391 e. The zero-order valence-electron chi connectivity index (χ0n) is 19.8. The highest BCUT2D eigenvalue weighted by molar-refractivity contribution is 6.30. The van der Waals surface area contributed by atoms with Crippen LogP contribution in [-0.4, -0.2) is 40.8 Å². The number of benzene rings is 3. The summed E-state index contributed by atoms with van der Waals surface area (Å²) in [6.45, 7) is 6.06. The van der Waals surface area contributed by atoms with Crippen LogP contribution >= 0.6 is 11.6 Å². The summed E-state index contributed by atoms with van der Waals surface area (Å²) < 4.78 is 0. The molecule has 8 nitrogen and oxygen atoms in total. The highest BCUT2D eigenvalue weighted by atomic mass is 35.5. The van der Waals surface area contributed by atoms with E-state index in [1.54, 1.807) is 6.07 Å². The van der Waals surface area contributed by atoms with Crippen molar-refractivity contribution in [2.24, 2.45) is 0 Å². The first-order valence-corrected chi connectivity index (χ1v) is 11.7. The van der Waals surface area contributed by atoms with E-state index in [9.17, 15) is 14.7 Å². The lowest BCUT2D eigenvalue weighted by molar-refractivity contribution is -0.133. The largest absolute Gasteiger partial charge is 0.391 e. The molecule has 36 heavy (non-hydrogen) atoms. The summed E-state index contributed by atoms with van der Waals surface area (Å²) in [7, 11) is 0. The van der Waals surface area contributed by atoms with Crippen molar-refractivity contribution in [3.8, 4) is 11.1 Å². The van der Waals surface area contributed by atoms with Gasteiger partial charge in [-0.25, -0.2) is 5.48 Å². The molecule has 3 aromatic rings. The number of rotatable bonds is 11. The number of amides is 2. The smallest absolute Gasteiger partial charge is 0.268 e. The second-order valence-corrected chi connectivity index (χ2v) is 8.69. The Kier molecular flexibility index (Phi) is 9.61. The number of aliphatic hydroxyl groups excluding tert-OH is 1. The first-order valence-electron chi connectivity index (χ1n) is 11.3. The molecule has 2 amide bonds. The van der Waals surface area contributed by atoms with Crippen LogP contribution in [0.5, 0.6) is 0 Å². The van der Waals surface area contributed by atoms with Gasteiger partial charge in [0.25, 0.3) is 5.91 Å². The molecule has 0 saturated heterocycles. The van der Waals surface area contributed by atoms with Crippen molar-refractivity contribution in [1.82, 2.24) is 16.1 Å². The molecule has 9 heteroatoms. The lowest BCUT2D eigenvalue weighted by Crippen LogP contribution is -2.48. The average molecular weight is 509 g/mol. The highest BCUT2D eigenvalue weighted by Crippen LogP contribution is 2.23. The second kappa shape index (κ2) is 12.9. The lowest BCUT2D eigenvalue weighted by atomic mass is 10.0. The third-order valence-corrected chi connectivity index (χ3v) is 5.68. The summed E-state index contributed by atoms with van der Waals surface area (Å²) in [5, 5.41) is 28.1. The van der Waals surface area contributed by atoms with Gasteiger partial charge < -0.3 is 21.1 Å². The van der Waals surface area contributed by atoms with E-state index < -0.39 is 18.1 Å². The number of hydrogen-bond donors (Lipinski definition) is 6. The van der Waals surface area contributed by atoms with Crippen molar-refractivity contribution >= 4 is 34.8 Å². The molecule has 0 aromatic heterocycles. The maximum absolute atomic E-state index is 12.2.